The molecule has 0 saturated heterocycles. The predicted molar refractivity (Wildman–Crippen MR) is 67.5 cm³/mol. The molecule has 3 nitrogen and oxygen atoms in total. The Morgan fingerprint density at radius 1 is 1.36 bits per heavy atom. The zero-order valence-corrected chi connectivity index (χ0v) is 10.4. The number of rotatable bonds is 9. The maximum absolute atomic E-state index is 5.45. The molecule has 0 rings (SSSR count). The molecule has 0 spiro atoms. The molecular formula is C10H24N3P. The van der Waals surface area contributed by atoms with Gasteiger partial charge in [-0.1, -0.05) is 6.08 Å². The second-order valence-electron chi connectivity index (χ2n) is 3.49. The maximum atomic E-state index is 5.45. The molecule has 84 valence electrons. The molecular weight excluding hydrogens is 193 g/mol. The normalized spacial score (nSPS) is 11.2. The summed E-state index contributed by atoms with van der Waals surface area (Å²) in [6.07, 6.45) is 4.04. The Morgan fingerprint density at radius 3 is 2.57 bits per heavy atom. The molecule has 0 aromatic rings. The lowest BCUT2D eigenvalue weighted by molar-refractivity contribution is 0.263. The van der Waals surface area contributed by atoms with Crippen molar-refractivity contribution in [3.05, 3.63) is 12.7 Å². The molecule has 0 bridgehead atoms. The summed E-state index contributed by atoms with van der Waals surface area (Å²) in [6, 6.07) is 0. The van der Waals surface area contributed by atoms with Gasteiger partial charge in [0.1, 0.15) is 0 Å². The van der Waals surface area contributed by atoms with Gasteiger partial charge in [0, 0.05) is 25.9 Å². The molecule has 0 saturated carbocycles. The average Bonchev–Trinajstić information content (AvgIpc) is 2.21. The molecule has 0 aromatic heterocycles. The van der Waals surface area contributed by atoms with E-state index >= 15 is 0 Å². The van der Waals surface area contributed by atoms with E-state index in [1.54, 1.807) is 0 Å². The molecule has 1 unspecified atom stereocenters. The van der Waals surface area contributed by atoms with E-state index < -0.39 is 0 Å². The zero-order valence-electron chi connectivity index (χ0n) is 9.28. The van der Waals surface area contributed by atoms with Gasteiger partial charge in [0.15, 0.2) is 0 Å². The van der Waals surface area contributed by atoms with Crippen LogP contribution in [0.15, 0.2) is 12.7 Å². The van der Waals surface area contributed by atoms with Gasteiger partial charge in [0.2, 0.25) is 0 Å². The first-order valence-electron chi connectivity index (χ1n) is 5.16. The minimum Gasteiger partial charge on any atom is -0.330 e. The van der Waals surface area contributed by atoms with Crippen molar-refractivity contribution in [3.8, 4) is 0 Å². The second-order valence-corrected chi connectivity index (χ2v) is 3.86. The van der Waals surface area contributed by atoms with Crippen molar-refractivity contribution in [1.29, 1.82) is 0 Å². The highest BCUT2D eigenvalue weighted by molar-refractivity contribution is 7.16. The van der Waals surface area contributed by atoms with Crippen LogP contribution in [0.2, 0.25) is 0 Å². The van der Waals surface area contributed by atoms with Crippen molar-refractivity contribution < 1.29 is 0 Å². The fraction of sp³-hybridized carbons (Fsp3) is 0.800. The number of hydrogen-bond donors (Lipinski definition) is 1. The largest absolute Gasteiger partial charge is 0.330 e. The van der Waals surface area contributed by atoms with E-state index in [0.717, 1.165) is 45.4 Å². The third-order valence-corrected chi connectivity index (χ3v) is 2.70. The molecule has 0 aliphatic rings. The summed E-state index contributed by atoms with van der Waals surface area (Å²) >= 11 is 0. The van der Waals surface area contributed by atoms with Crippen molar-refractivity contribution >= 4 is 9.24 Å². The standard InChI is InChI=1S/C10H24N3P/c1-3-6-13(10-14)9-8-12(2)7-4-5-11/h3H,1,4-11,14H2,2H3. The lowest BCUT2D eigenvalue weighted by atomic mass is 10.4. The number of likely N-dealkylation sites (N-methyl/N-ethyl adjacent to an activating group) is 1. The van der Waals surface area contributed by atoms with Crippen LogP contribution in [0.3, 0.4) is 0 Å². The molecule has 0 aliphatic carbocycles. The van der Waals surface area contributed by atoms with E-state index in [4.69, 9.17) is 5.73 Å². The summed E-state index contributed by atoms with van der Waals surface area (Å²) in [7, 11) is 4.89. The Bertz CT molecular complexity index is 141. The molecule has 1 atom stereocenters. The van der Waals surface area contributed by atoms with E-state index in [1.165, 1.54) is 0 Å². The first kappa shape index (κ1) is 14.1. The van der Waals surface area contributed by atoms with Crippen molar-refractivity contribution in [3.63, 3.8) is 0 Å². The summed E-state index contributed by atoms with van der Waals surface area (Å²) in [5.41, 5.74) is 5.45. The lowest BCUT2D eigenvalue weighted by Crippen LogP contribution is -2.33. The summed E-state index contributed by atoms with van der Waals surface area (Å²) in [6.45, 7) is 8.78. The predicted octanol–water partition coefficient (Wildman–Crippen LogP) is 0.588. The quantitative estimate of drug-likeness (QED) is 0.453. The lowest BCUT2D eigenvalue weighted by Gasteiger charge is -2.22. The molecule has 14 heavy (non-hydrogen) atoms. The second kappa shape index (κ2) is 9.60. The molecule has 0 fully saturated rings. The Hall–Kier alpha value is 0.0500. The van der Waals surface area contributed by atoms with Crippen molar-refractivity contribution in [2.45, 2.75) is 6.42 Å². The molecule has 0 heterocycles. The minimum atomic E-state index is 0.782. The highest BCUT2D eigenvalue weighted by Gasteiger charge is 2.02. The molecule has 2 N–H and O–H groups in total. The minimum absolute atomic E-state index is 0.782. The molecule has 0 radical (unpaired) electrons. The molecule has 0 aliphatic heterocycles. The van der Waals surface area contributed by atoms with Crippen molar-refractivity contribution in [1.82, 2.24) is 9.80 Å². The van der Waals surface area contributed by atoms with E-state index in [2.05, 4.69) is 32.7 Å². The monoisotopic (exact) mass is 217 g/mol. The topological polar surface area (TPSA) is 32.5 Å². The number of hydrogen-bond acceptors (Lipinski definition) is 3. The van der Waals surface area contributed by atoms with Gasteiger partial charge >= 0.3 is 0 Å². The van der Waals surface area contributed by atoms with Crippen LogP contribution < -0.4 is 5.73 Å². The van der Waals surface area contributed by atoms with Gasteiger partial charge in [-0.15, -0.1) is 15.8 Å². The van der Waals surface area contributed by atoms with Crippen LogP contribution >= 0.6 is 9.24 Å². The van der Waals surface area contributed by atoms with Gasteiger partial charge < -0.3 is 10.6 Å². The van der Waals surface area contributed by atoms with Gasteiger partial charge in [-0.3, -0.25) is 4.90 Å². The third-order valence-electron chi connectivity index (χ3n) is 2.19. The Kier molecular flexibility index (Phi) is 9.63. The Labute approximate surface area is 90.5 Å². The highest BCUT2D eigenvalue weighted by Crippen LogP contribution is 1.95. The van der Waals surface area contributed by atoms with Crippen LogP contribution in [0.1, 0.15) is 6.42 Å². The van der Waals surface area contributed by atoms with Crippen LogP contribution in [0.25, 0.3) is 0 Å². The summed E-state index contributed by atoms with van der Waals surface area (Å²) in [5.74, 6) is 0. The van der Waals surface area contributed by atoms with Crippen molar-refractivity contribution in [2.24, 2.45) is 5.73 Å². The first-order chi connectivity index (χ1) is 6.74. The first-order valence-corrected chi connectivity index (χ1v) is 5.98. The molecule has 0 aromatic carbocycles. The summed E-state index contributed by atoms with van der Waals surface area (Å²) in [5, 5.41) is 0. The maximum Gasteiger partial charge on any atom is 0.0164 e. The molecule has 4 heteroatoms. The van der Waals surface area contributed by atoms with E-state index in [9.17, 15) is 0 Å². The van der Waals surface area contributed by atoms with Crippen LogP contribution in [0.4, 0.5) is 0 Å². The molecule has 0 amide bonds. The Balaban J connectivity index is 3.51. The van der Waals surface area contributed by atoms with Gasteiger partial charge in [-0.25, -0.2) is 0 Å². The van der Waals surface area contributed by atoms with E-state index in [-0.39, 0.29) is 0 Å². The number of nitrogens with zero attached hydrogens (tertiary/aromatic N) is 2. The Morgan fingerprint density at radius 2 is 2.07 bits per heavy atom. The third kappa shape index (κ3) is 7.45. The van der Waals surface area contributed by atoms with Crippen LogP contribution in [0.5, 0.6) is 0 Å². The highest BCUT2D eigenvalue weighted by atomic mass is 31.0. The van der Waals surface area contributed by atoms with Crippen LogP contribution in [0, 0.1) is 0 Å². The smallest absolute Gasteiger partial charge is 0.0164 e. The van der Waals surface area contributed by atoms with Gasteiger partial charge in [0.05, 0.1) is 0 Å². The fourth-order valence-corrected chi connectivity index (χ4v) is 1.56. The zero-order chi connectivity index (χ0) is 10.8. The number of nitrogens with two attached hydrogens (primary N) is 1. The fourth-order valence-electron chi connectivity index (χ4n) is 1.22. The van der Waals surface area contributed by atoms with Gasteiger partial charge in [-0.05, 0) is 26.6 Å². The van der Waals surface area contributed by atoms with E-state index in [1.807, 2.05) is 6.08 Å². The van der Waals surface area contributed by atoms with E-state index in [0.29, 0.717) is 0 Å². The van der Waals surface area contributed by atoms with Crippen molar-refractivity contribution in [2.75, 3.05) is 46.1 Å². The van der Waals surface area contributed by atoms with Crippen LogP contribution in [-0.2, 0) is 0 Å². The summed E-state index contributed by atoms with van der Waals surface area (Å²) < 4.78 is 0. The summed E-state index contributed by atoms with van der Waals surface area (Å²) in [4.78, 5) is 4.67. The van der Waals surface area contributed by atoms with Crippen LogP contribution in [-0.4, -0.2) is 55.9 Å². The average molecular weight is 217 g/mol. The SMILES string of the molecule is C=CCN(CP)CCN(C)CCCN. The van der Waals surface area contributed by atoms with Gasteiger partial charge in [-0.2, -0.15) is 0 Å². The van der Waals surface area contributed by atoms with Gasteiger partial charge in [0.25, 0.3) is 0 Å².